The quantitative estimate of drug-likeness (QED) is 0.853. The van der Waals surface area contributed by atoms with Crippen molar-refractivity contribution in [1.82, 2.24) is 10.2 Å². The number of carboxylic acids is 1. The fraction of sp³-hybridized carbons (Fsp3) is 0.167. The first-order chi connectivity index (χ1) is 8.70. The molecule has 0 amide bonds. The first kappa shape index (κ1) is 10.8. The van der Waals surface area contributed by atoms with Crippen molar-refractivity contribution in [1.29, 1.82) is 0 Å². The van der Waals surface area contributed by atoms with Gasteiger partial charge in [-0.05, 0) is 17.7 Å². The van der Waals surface area contributed by atoms with Crippen LogP contribution in [0.15, 0.2) is 18.2 Å². The molecule has 6 heteroatoms. The van der Waals surface area contributed by atoms with Crippen LogP contribution in [0.4, 0.5) is 4.39 Å². The molecule has 0 fully saturated rings. The van der Waals surface area contributed by atoms with Gasteiger partial charge in [0, 0.05) is 5.56 Å². The second-order valence-electron chi connectivity index (χ2n) is 3.98. The average Bonchev–Trinajstić information content (AvgIpc) is 2.82. The van der Waals surface area contributed by atoms with Crippen LogP contribution >= 0.6 is 0 Å². The van der Waals surface area contributed by atoms with Crippen molar-refractivity contribution < 1.29 is 19.0 Å². The molecule has 0 aliphatic carbocycles. The van der Waals surface area contributed by atoms with Crippen molar-refractivity contribution in [3.63, 3.8) is 0 Å². The number of alkyl halides is 1. The van der Waals surface area contributed by atoms with Crippen molar-refractivity contribution in [2.24, 2.45) is 0 Å². The third-order valence-corrected chi connectivity index (χ3v) is 2.91. The van der Waals surface area contributed by atoms with E-state index in [0.29, 0.717) is 28.1 Å². The van der Waals surface area contributed by atoms with Crippen molar-refractivity contribution in [2.75, 3.05) is 0 Å². The molecule has 1 aliphatic heterocycles. The minimum Gasteiger partial charge on any atom is -0.488 e. The number of halogens is 1. The van der Waals surface area contributed by atoms with Crippen LogP contribution in [0.3, 0.4) is 0 Å². The van der Waals surface area contributed by atoms with Gasteiger partial charge in [-0.15, -0.1) is 0 Å². The zero-order valence-electron chi connectivity index (χ0n) is 9.24. The number of hydrogen-bond donors (Lipinski definition) is 2. The molecule has 1 aromatic carbocycles. The average molecular weight is 248 g/mol. The SMILES string of the molecule is O=C(O)c1[nH]nc2c1COc1cc(CF)ccc1-2. The third-order valence-electron chi connectivity index (χ3n) is 2.91. The highest BCUT2D eigenvalue weighted by molar-refractivity contribution is 5.90. The summed E-state index contributed by atoms with van der Waals surface area (Å²) in [4.78, 5) is 11.0. The molecule has 0 saturated heterocycles. The first-order valence-corrected chi connectivity index (χ1v) is 5.33. The standard InChI is InChI=1S/C12H9FN2O3/c13-4-6-1-2-7-9(3-6)18-5-8-10(7)14-15-11(8)12(16)17/h1-3H,4-5H2,(H,14,15)(H,16,17). The van der Waals surface area contributed by atoms with E-state index >= 15 is 0 Å². The summed E-state index contributed by atoms with van der Waals surface area (Å²) < 4.78 is 18.0. The molecule has 0 radical (unpaired) electrons. The molecule has 0 bridgehead atoms. The summed E-state index contributed by atoms with van der Waals surface area (Å²) in [6.07, 6.45) is 0. The molecule has 0 spiro atoms. The molecule has 2 N–H and O–H groups in total. The van der Waals surface area contributed by atoms with Gasteiger partial charge >= 0.3 is 5.97 Å². The predicted molar refractivity (Wildman–Crippen MR) is 60.1 cm³/mol. The fourth-order valence-corrected chi connectivity index (χ4v) is 2.02. The predicted octanol–water partition coefficient (Wildman–Crippen LogP) is 2.14. The number of aromatic nitrogens is 2. The van der Waals surface area contributed by atoms with Gasteiger partial charge in [-0.2, -0.15) is 5.10 Å². The second-order valence-corrected chi connectivity index (χ2v) is 3.98. The summed E-state index contributed by atoms with van der Waals surface area (Å²) in [7, 11) is 0. The molecule has 1 aromatic heterocycles. The molecule has 92 valence electrons. The highest BCUT2D eigenvalue weighted by Crippen LogP contribution is 2.37. The number of benzene rings is 1. The Labute approximate surface area is 101 Å². The number of rotatable bonds is 2. The smallest absolute Gasteiger partial charge is 0.354 e. The van der Waals surface area contributed by atoms with Gasteiger partial charge in [0.15, 0.2) is 5.69 Å². The Hall–Kier alpha value is -2.37. The van der Waals surface area contributed by atoms with E-state index in [1.54, 1.807) is 18.2 Å². The summed E-state index contributed by atoms with van der Waals surface area (Å²) >= 11 is 0. The number of carbonyl (C=O) groups is 1. The number of aromatic amines is 1. The van der Waals surface area contributed by atoms with Crippen LogP contribution in [-0.2, 0) is 13.3 Å². The normalized spacial score (nSPS) is 12.5. The molecule has 18 heavy (non-hydrogen) atoms. The van der Waals surface area contributed by atoms with E-state index in [-0.39, 0.29) is 12.3 Å². The van der Waals surface area contributed by atoms with E-state index in [9.17, 15) is 9.18 Å². The van der Waals surface area contributed by atoms with E-state index in [2.05, 4.69) is 10.2 Å². The molecule has 3 rings (SSSR count). The number of H-pyrrole nitrogens is 1. The van der Waals surface area contributed by atoms with Gasteiger partial charge in [-0.3, -0.25) is 5.10 Å². The number of fused-ring (bicyclic) bond motifs is 3. The van der Waals surface area contributed by atoms with Crippen LogP contribution in [-0.4, -0.2) is 21.3 Å². The minimum absolute atomic E-state index is 0.0326. The van der Waals surface area contributed by atoms with Gasteiger partial charge in [-0.1, -0.05) is 6.07 Å². The summed E-state index contributed by atoms with van der Waals surface area (Å²) in [5.41, 5.74) is 2.30. The lowest BCUT2D eigenvalue weighted by atomic mass is 10.0. The van der Waals surface area contributed by atoms with Crippen LogP contribution in [0.1, 0.15) is 21.6 Å². The molecule has 1 aliphatic rings. The van der Waals surface area contributed by atoms with E-state index in [0.717, 1.165) is 0 Å². The Morgan fingerprint density at radius 1 is 1.56 bits per heavy atom. The maximum absolute atomic E-state index is 12.5. The van der Waals surface area contributed by atoms with Gasteiger partial charge in [0.25, 0.3) is 0 Å². The van der Waals surface area contributed by atoms with Crippen molar-refractivity contribution in [2.45, 2.75) is 13.3 Å². The van der Waals surface area contributed by atoms with Crippen LogP contribution in [0.25, 0.3) is 11.3 Å². The Kier molecular flexibility index (Phi) is 2.29. The fourth-order valence-electron chi connectivity index (χ4n) is 2.02. The van der Waals surface area contributed by atoms with Crippen LogP contribution in [0.2, 0.25) is 0 Å². The Morgan fingerprint density at radius 3 is 3.11 bits per heavy atom. The van der Waals surface area contributed by atoms with E-state index in [4.69, 9.17) is 9.84 Å². The van der Waals surface area contributed by atoms with Gasteiger partial charge < -0.3 is 9.84 Å². The van der Waals surface area contributed by atoms with E-state index < -0.39 is 12.6 Å². The Balaban J connectivity index is 2.15. The lowest BCUT2D eigenvalue weighted by molar-refractivity contribution is 0.0687. The highest BCUT2D eigenvalue weighted by atomic mass is 19.1. The van der Waals surface area contributed by atoms with Crippen molar-refractivity contribution in [3.8, 4) is 17.0 Å². The summed E-state index contributed by atoms with van der Waals surface area (Å²) in [5, 5.41) is 15.5. The lowest BCUT2D eigenvalue weighted by Crippen LogP contribution is -2.09. The molecular weight excluding hydrogens is 239 g/mol. The maximum atomic E-state index is 12.5. The molecule has 0 unspecified atom stereocenters. The number of aromatic carboxylic acids is 1. The number of hydrogen-bond acceptors (Lipinski definition) is 3. The Morgan fingerprint density at radius 2 is 2.39 bits per heavy atom. The Bertz CT molecular complexity index is 636. The van der Waals surface area contributed by atoms with Crippen LogP contribution < -0.4 is 4.74 Å². The summed E-state index contributed by atoms with van der Waals surface area (Å²) in [6, 6.07) is 4.93. The van der Waals surface area contributed by atoms with Crippen LogP contribution in [0.5, 0.6) is 5.75 Å². The zero-order chi connectivity index (χ0) is 12.7. The van der Waals surface area contributed by atoms with Gasteiger partial charge in [-0.25, -0.2) is 9.18 Å². The second kappa shape index (κ2) is 3.83. The first-order valence-electron chi connectivity index (χ1n) is 5.33. The molecule has 0 saturated carbocycles. The maximum Gasteiger partial charge on any atom is 0.354 e. The molecule has 0 atom stereocenters. The van der Waals surface area contributed by atoms with Gasteiger partial charge in [0.05, 0.1) is 5.56 Å². The van der Waals surface area contributed by atoms with Crippen molar-refractivity contribution >= 4 is 5.97 Å². The van der Waals surface area contributed by atoms with Crippen LogP contribution in [0, 0.1) is 0 Å². The zero-order valence-corrected chi connectivity index (χ0v) is 9.24. The highest BCUT2D eigenvalue weighted by Gasteiger charge is 2.26. The van der Waals surface area contributed by atoms with Gasteiger partial charge in [0.2, 0.25) is 0 Å². The monoisotopic (exact) mass is 248 g/mol. The van der Waals surface area contributed by atoms with E-state index in [1.165, 1.54) is 0 Å². The number of ether oxygens (including phenoxy) is 1. The molecule has 2 aromatic rings. The molecule has 2 heterocycles. The summed E-state index contributed by atoms with van der Waals surface area (Å²) in [5.74, 6) is -0.544. The van der Waals surface area contributed by atoms with E-state index in [1.807, 2.05) is 0 Å². The number of carboxylic acid groups (broad SMARTS) is 1. The third kappa shape index (κ3) is 1.46. The topological polar surface area (TPSA) is 75.2 Å². The minimum atomic E-state index is -1.07. The molecule has 5 nitrogen and oxygen atoms in total. The largest absolute Gasteiger partial charge is 0.488 e. The number of nitrogens with zero attached hydrogens (tertiary/aromatic N) is 1. The lowest BCUT2D eigenvalue weighted by Gasteiger charge is -2.17. The number of nitrogens with one attached hydrogen (secondary N) is 1. The molecular formula is C12H9FN2O3. The summed E-state index contributed by atoms with van der Waals surface area (Å²) in [6.45, 7) is -0.444. The van der Waals surface area contributed by atoms with Gasteiger partial charge in [0.1, 0.15) is 24.7 Å². The van der Waals surface area contributed by atoms with Crippen molar-refractivity contribution in [3.05, 3.63) is 35.0 Å².